The number of rotatable bonds is 5. The van der Waals surface area contributed by atoms with E-state index in [1.165, 1.54) is 14.7 Å². The zero-order chi connectivity index (χ0) is 13.7. The molecule has 0 fully saturated rings. The van der Waals surface area contributed by atoms with Gasteiger partial charge in [-0.3, -0.25) is 0 Å². The molecular weight excluding hydrogens is 349 g/mol. The molecule has 0 aliphatic carbocycles. The monoisotopic (exact) mass is 367 g/mol. The van der Waals surface area contributed by atoms with E-state index in [9.17, 15) is 0 Å². The summed E-state index contributed by atoms with van der Waals surface area (Å²) >= 11 is 2.32. The van der Waals surface area contributed by atoms with Crippen LogP contribution in [-0.4, -0.2) is 7.11 Å². The van der Waals surface area contributed by atoms with Crippen molar-refractivity contribution in [3.05, 3.63) is 63.2 Å². The van der Waals surface area contributed by atoms with Crippen LogP contribution >= 0.6 is 22.6 Å². The van der Waals surface area contributed by atoms with Crippen molar-refractivity contribution in [3.63, 3.8) is 0 Å². The fraction of sp³-hybridized carbons (Fsp3) is 0.250. The Morgan fingerprint density at radius 1 is 1.16 bits per heavy atom. The van der Waals surface area contributed by atoms with E-state index in [2.05, 4.69) is 71.2 Å². The van der Waals surface area contributed by atoms with Gasteiger partial charge in [0.2, 0.25) is 0 Å². The summed E-state index contributed by atoms with van der Waals surface area (Å²) in [5, 5.41) is 3.53. The summed E-state index contributed by atoms with van der Waals surface area (Å²) < 4.78 is 6.50. The lowest BCUT2D eigenvalue weighted by molar-refractivity contribution is 0.414. The molecular formula is C16H18INO. The lowest BCUT2D eigenvalue weighted by Gasteiger charge is -2.14. The van der Waals surface area contributed by atoms with E-state index < -0.39 is 0 Å². The number of methoxy groups -OCH3 is 1. The standard InChI is InChI=1S/C16H18INO/c1-12(14-6-8-15(17)9-7-14)18-11-13-4-3-5-16(10-13)19-2/h3-10,12,18H,11H2,1-2H3. The molecule has 0 saturated heterocycles. The number of hydrogen-bond donors (Lipinski definition) is 1. The number of benzene rings is 2. The molecule has 1 atom stereocenters. The van der Waals surface area contributed by atoms with Gasteiger partial charge in [0.05, 0.1) is 7.11 Å². The number of hydrogen-bond acceptors (Lipinski definition) is 2. The average Bonchev–Trinajstić information content (AvgIpc) is 2.46. The van der Waals surface area contributed by atoms with Crippen molar-refractivity contribution in [1.82, 2.24) is 5.32 Å². The minimum atomic E-state index is 0.336. The molecule has 2 aromatic rings. The first-order valence-electron chi connectivity index (χ1n) is 6.31. The molecule has 0 aliphatic rings. The van der Waals surface area contributed by atoms with Crippen molar-refractivity contribution in [2.24, 2.45) is 0 Å². The third-order valence-corrected chi connectivity index (χ3v) is 3.84. The zero-order valence-electron chi connectivity index (χ0n) is 11.2. The van der Waals surface area contributed by atoms with Gasteiger partial charge in [0.15, 0.2) is 0 Å². The van der Waals surface area contributed by atoms with E-state index in [-0.39, 0.29) is 0 Å². The fourth-order valence-corrected chi connectivity index (χ4v) is 2.28. The molecule has 2 aromatic carbocycles. The second kappa shape index (κ2) is 6.91. The lowest BCUT2D eigenvalue weighted by atomic mass is 10.1. The van der Waals surface area contributed by atoms with Crippen LogP contribution in [-0.2, 0) is 6.54 Å². The first-order chi connectivity index (χ1) is 9.19. The second-order valence-electron chi connectivity index (χ2n) is 4.51. The molecule has 19 heavy (non-hydrogen) atoms. The molecule has 100 valence electrons. The van der Waals surface area contributed by atoms with Gasteiger partial charge in [-0.05, 0) is 64.9 Å². The fourth-order valence-electron chi connectivity index (χ4n) is 1.92. The van der Waals surface area contributed by atoms with Gasteiger partial charge < -0.3 is 10.1 Å². The van der Waals surface area contributed by atoms with Gasteiger partial charge in [0.1, 0.15) is 5.75 Å². The summed E-state index contributed by atoms with van der Waals surface area (Å²) in [5.41, 5.74) is 2.54. The number of nitrogens with one attached hydrogen (secondary N) is 1. The first-order valence-corrected chi connectivity index (χ1v) is 7.38. The highest BCUT2D eigenvalue weighted by Gasteiger charge is 2.04. The molecule has 2 nitrogen and oxygen atoms in total. The Morgan fingerprint density at radius 3 is 2.58 bits per heavy atom. The molecule has 0 aromatic heterocycles. The van der Waals surface area contributed by atoms with Crippen LogP contribution < -0.4 is 10.1 Å². The van der Waals surface area contributed by atoms with Crippen molar-refractivity contribution in [1.29, 1.82) is 0 Å². The molecule has 0 amide bonds. The van der Waals surface area contributed by atoms with Crippen molar-refractivity contribution in [2.75, 3.05) is 7.11 Å². The summed E-state index contributed by atoms with van der Waals surface area (Å²) in [4.78, 5) is 0. The molecule has 0 saturated carbocycles. The summed E-state index contributed by atoms with van der Waals surface area (Å²) in [6.45, 7) is 3.02. The SMILES string of the molecule is COc1cccc(CNC(C)c2ccc(I)cc2)c1. The van der Waals surface area contributed by atoms with Gasteiger partial charge >= 0.3 is 0 Å². The highest BCUT2D eigenvalue weighted by Crippen LogP contribution is 2.16. The molecule has 0 spiro atoms. The van der Waals surface area contributed by atoms with Gasteiger partial charge in [0, 0.05) is 16.2 Å². The molecule has 2 rings (SSSR count). The predicted octanol–water partition coefficient (Wildman–Crippen LogP) is 4.15. The Labute approximate surface area is 128 Å². The molecule has 1 unspecified atom stereocenters. The predicted molar refractivity (Wildman–Crippen MR) is 87.4 cm³/mol. The Hall–Kier alpha value is -1.07. The van der Waals surface area contributed by atoms with E-state index in [4.69, 9.17) is 4.74 Å². The van der Waals surface area contributed by atoms with Crippen LogP contribution in [0.1, 0.15) is 24.1 Å². The average molecular weight is 367 g/mol. The normalized spacial score (nSPS) is 12.2. The maximum Gasteiger partial charge on any atom is 0.119 e. The minimum Gasteiger partial charge on any atom is -0.497 e. The molecule has 0 bridgehead atoms. The van der Waals surface area contributed by atoms with E-state index >= 15 is 0 Å². The molecule has 0 aliphatic heterocycles. The van der Waals surface area contributed by atoms with Crippen LogP contribution in [0.4, 0.5) is 0 Å². The quantitative estimate of drug-likeness (QED) is 0.802. The lowest BCUT2D eigenvalue weighted by Crippen LogP contribution is -2.18. The van der Waals surface area contributed by atoms with Gasteiger partial charge in [-0.1, -0.05) is 24.3 Å². The van der Waals surface area contributed by atoms with E-state index in [0.29, 0.717) is 6.04 Å². The van der Waals surface area contributed by atoms with Gasteiger partial charge in [-0.15, -0.1) is 0 Å². The second-order valence-corrected chi connectivity index (χ2v) is 5.75. The Kier molecular flexibility index (Phi) is 5.22. The van der Waals surface area contributed by atoms with E-state index in [1.54, 1.807) is 7.11 Å². The van der Waals surface area contributed by atoms with Crippen molar-refractivity contribution in [3.8, 4) is 5.75 Å². The molecule has 3 heteroatoms. The van der Waals surface area contributed by atoms with Crippen molar-refractivity contribution in [2.45, 2.75) is 19.5 Å². The van der Waals surface area contributed by atoms with Crippen LogP contribution in [0.15, 0.2) is 48.5 Å². The third kappa shape index (κ3) is 4.21. The largest absolute Gasteiger partial charge is 0.497 e. The molecule has 1 N–H and O–H groups in total. The van der Waals surface area contributed by atoms with Crippen LogP contribution in [0, 0.1) is 3.57 Å². The highest BCUT2D eigenvalue weighted by molar-refractivity contribution is 14.1. The zero-order valence-corrected chi connectivity index (χ0v) is 13.3. The third-order valence-electron chi connectivity index (χ3n) is 3.12. The van der Waals surface area contributed by atoms with Crippen LogP contribution in [0.3, 0.4) is 0 Å². The van der Waals surface area contributed by atoms with Crippen LogP contribution in [0.25, 0.3) is 0 Å². The van der Waals surface area contributed by atoms with Crippen molar-refractivity contribution < 1.29 is 4.74 Å². The van der Waals surface area contributed by atoms with Crippen LogP contribution in [0.2, 0.25) is 0 Å². The summed E-state index contributed by atoms with van der Waals surface area (Å²) in [5.74, 6) is 0.904. The van der Waals surface area contributed by atoms with E-state index in [1.807, 2.05) is 12.1 Å². The maximum absolute atomic E-state index is 5.23. The maximum atomic E-state index is 5.23. The van der Waals surface area contributed by atoms with Crippen molar-refractivity contribution >= 4 is 22.6 Å². The number of ether oxygens (including phenoxy) is 1. The number of halogens is 1. The minimum absolute atomic E-state index is 0.336. The summed E-state index contributed by atoms with van der Waals surface area (Å²) in [6, 6.07) is 17.1. The Morgan fingerprint density at radius 2 is 1.89 bits per heavy atom. The molecule has 0 heterocycles. The molecule has 0 radical (unpaired) electrons. The topological polar surface area (TPSA) is 21.3 Å². The van der Waals surface area contributed by atoms with Gasteiger partial charge in [-0.2, -0.15) is 0 Å². The highest BCUT2D eigenvalue weighted by atomic mass is 127. The smallest absolute Gasteiger partial charge is 0.119 e. The van der Waals surface area contributed by atoms with Gasteiger partial charge in [-0.25, -0.2) is 0 Å². The van der Waals surface area contributed by atoms with Crippen LogP contribution in [0.5, 0.6) is 5.75 Å². The van der Waals surface area contributed by atoms with E-state index in [0.717, 1.165) is 12.3 Å². The Balaban J connectivity index is 1.96. The first kappa shape index (κ1) is 14.3. The van der Waals surface area contributed by atoms with Gasteiger partial charge in [0.25, 0.3) is 0 Å². The summed E-state index contributed by atoms with van der Waals surface area (Å²) in [7, 11) is 1.70. The Bertz CT molecular complexity index is 525. The summed E-state index contributed by atoms with van der Waals surface area (Å²) in [6.07, 6.45) is 0.